The Labute approximate surface area is 123 Å². The normalized spacial score (nSPS) is 32.5. The number of nitrogens with two attached hydrogens (primary N) is 1. The Kier molecular flexibility index (Phi) is 3.32. The molecular weight excluding hydrogens is 244 g/mol. The summed E-state index contributed by atoms with van der Waals surface area (Å²) in [5, 5.41) is 0. The number of anilines is 1. The van der Waals surface area contributed by atoms with Crippen molar-refractivity contribution in [3.05, 3.63) is 29.8 Å². The summed E-state index contributed by atoms with van der Waals surface area (Å²) in [6.45, 7) is 11.1. The van der Waals surface area contributed by atoms with Gasteiger partial charge < -0.3 is 10.6 Å². The predicted octanol–water partition coefficient (Wildman–Crippen LogP) is 3.57. The molecule has 1 heterocycles. The van der Waals surface area contributed by atoms with Gasteiger partial charge in [0.2, 0.25) is 0 Å². The third kappa shape index (κ3) is 2.14. The molecule has 1 aromatic carbocycles. The first-order valence-electron chi connectivity index (χ1n) is 7.98. The van der Waals surface area contributed by atoms with E-state index < -0.39 is 0 Å². The Morgan fingerprint density at radius 3 is 2.70 bits per heavy atom. The lowest BCUT2D eigenvalue weighted by Crippen LogP contribution is -2.52. The number of nitrogen functional groups attached to an aromatic ring is 1. The van der Waals surface area contributed by atoms with Gasteiger partial charge in [0, 0.05) is 25.3 Å². The predicted molar refractivity (Wildman–Crippen MR) is 85.6 cm³/mol. The Bertz CT molecular complexity index is 494. The van der Waals surface area contributed by atoms with Crippen molar-refractivity contribution in [3.63, 3.8) is 0 Å². The smallest absolute Gasteiger partial charge is 0.0347 e. The van der Waals surface area contributed by atoms with Crippen LogP contribution in [0.4, 0.5) is 5.69 Å². The van der Waals surface area contributed by atoms with E-state index in [0.29, 0.717) is 10.8 Å². The maximum absolute atomic E-state index is 6.05. The first-order valence-corrected chi connectivity index (χ1v) is 7.98. The molecule has 2 nitrogen and oxygen atoms in total. The highest BCUT2D eigenvalue weighted by Gasteiger charge is 2.55. The first-order chi connectivity index (χ1) is 9.42. The highest BCUT2D eigenvalue weighted by molar-refractivity contribution is 5.46. The molecule has 1 saturated heterocycles. The van der Waals surface area contributed by atoms with Crippen LogP contribution in [0, 0.1) is 16.7 Å². The summed E-state index contributed by atoms with van der Waals surface area (Å²) in [5.41, 5.74) is 9.31. The van der Waals surface area contributed by atoms with Crippen LogP contribution in [0.15, 0.2) is 24.3 Å². The van der Waals surface area contributed by atoms with E-state index >= 15 is 0 Å². The lowest BCUT2D eigenvalue weighted by Gasteiger charge is -2.50. The molecule has 2 bridgehead atoms. The van der Waals surface area contributed by atoms with Crippen LogP contribution in [0.2, 0.25) is 0 Å². The number of likely N-dealkylation sites (tertiary alicyclic amines) is 1. The summed E-state index contributed by atoms with van der Waals surface area (Å²) in [4.78, 5) is 2.68. The maximum atomic E-state index is 6.05. The number of fused-ring (bicyclic) bond motifs is 2. The third-order valence-electron chi connectivity index (χ3n) is 6.42. The van der Waals surface area contributed by atoms with Gasteiger partial charge in [-0.1, -0.05) is 39.0 Å². The number of hydrogen-bond acceptors (Lipinski definition) is 2. The van der Waals surface area contributed by atoms with E-state index in [1.54, 1.807) is 0 Å². The molecule has 0 amide bonds. The molecule has 3 rings (SSSR count). The fourth-order valence-corrected chi connectivity index (χ4v) is 4.35. The van der Waals surface area contributed by atoms with Gasteiger partial charge in [0.05, 0.1) is 0 Å². The molecule has 1 aliphatic carbocycles. The van der Waals surface area contributed by atoms with Crippen molar-refractivity contribution in [2.24, 2.45) is 16.7 Å². The molecule has 2 aliphatic rings. The van der Waals surface area contributed by atoms with Crippen LogP contribution in [-0.4, -0.2) is 24.5 Å². The largest absolute Gasteiger partial charge is 0.399 e. The lowest BCUT2D eigenvalue weighted by molar-refractivity contribution is -0.0169. The van der Waals surface area contributed by atoms with Crippen LogP contribution in [0.1, 0.15) is 39.2 Å². The first kappa shape index (κ1) is 13.9. The third-order valence-corrected chi connectivity index (χ3v) is 6.42. The van der Waals surface area contributed by atoms with E-state index in [9.17, 15) is 0 Å². The van der Waals surface area contributed by atoms with E-state index in [1.807, 2.05) is 12.1 Å². The Balaban J connectivity index is 1.65. The zero-order chi connectivity index (χ0) is 14.4. The molecule has 0 aromatic heterocycles. The highest BCUT2D eigenvalue weighted by Crippen LogP contribution is 2.58. The van der Waals surface area contributed by atoms with Crippen LogP contribution in [0.3, 0.4) is 0 Å². The van der Waals surface area contributed by atoms with Gasteiger partial charge >= 0.3 is 0 Å². The number of piperidine rings is 1. The molecule has 1 aliphatic heterocycles. The Morgan fingerprint density at radius 1 is 1.25 bits per heavy atom. The van der Waals surface area contributed by atoms with Crippen LogP contribution >= 0.6 is 0 Å². The Morgan fingerprint density at radius 2 is 2.00 bits per heavy atom. The Hall–Kier alpha value is -1.02. The van der Waals surface area contributed by atoms with Crippen molar-refractivity contribution in [2.75, 3.05) is 25.4 Å². The van der Waals surface area contributed by atoms with Crippen LogP contribution in [0.25, 0.3) is 0 Å². The second kappa shape index (κ2) is 4.77. The molecular formula is C18H28N2. The maximum Gasteiger partial charge on any atom is 0.0347 e. The number of para-hydroxylation sites is 1. The summed E-state index contributed by atoms with van der Waals surface area (Å²) >= 11 is 0. The second-order valence-electron chi connectivity index (χ2n) is 7.70. The van der Waals surface area contributed by atoms with Gasteiger partial charge in [0.1, 0.15) is 0 Å². The monoisotopic (exact) mass is 272 g/mol. The molecule has 110 valence electrons. The van der Waals surface area contributed by atoms with Crippen LogP contribution in [0.5, 0.6) is 0 Å². The van der Waals surface area contributed by atoms with Gasteiger partial charge in [0.25, 0.3) is 0 Å². The van der Waals surface area contributed by atoms with Crippen molar-refractivity contribution in [1.82, 2.24) is 4.90 Å². The van der Waals surface area contributed by atoms with Crippen molar-refractivity contribution >= 4 is 5.69 Å². The van der Waals surface area contributed by atoms with Gasteiger partial charge in [-0.15, -0.1) is 0 Å². The molecule has 1 aromatic rings. The molecule has 0 spiro atoms. The van der Waals surface area contributed by atoms with Gasteiger partial charge in [-0.2, -0.15) is 0 Å². The van der Waals surface area contributed by atoms with Gasteiger partial charge in [-0.3, -0.25) is 0 Å². The fraction of sp³-hybridized carbons (Fsp3) is 0.667. The molecule has 0 radical (unpaired) electrons. The van der Waals surface area contributed by atoms with E-state index in [2.05, 4.69) is 37.8 Å². The van der Waals surface area contributed by atoms with Crippen molar-refractivity contribution in [1.29, 1.82) is 0 Å². The summed E-state index contributed by atoms with van der Waals surface area (Å²) in [6, 6.07) is 8.29. The summed E-state index contributed by atoms with van der Waals surface area (Å²) in [7, 11) is 0. The molecule has 2 N–H and O–H groups in total. The lowest BCUT2D eigenvalue weighted by atomic mass is 9.63. The SMILES string of the molecule is CC1(C)C2CC[C@]1(C)CN(CCc1ccccc1N)C2. The van der Waals surface area contributed by atoms with Crippen LogP contribution < -0.4 is 5.73 Å². The minimum atomic E-state index is 0.498. The standard InChI is InChI=1S/C18H28N2/c1-17(2)15-8-10-18(17,3)13-20(12-15)11-9-14-6-4-5-7-16(14)19/h4-7,15H,8-13,19H2,1-3H3/t15?,18-/m1/s1. The summed E-state index contributed by atoms with van der Waals surface area (Å²) in [5.74, 6) is 0.870. The van der Waals surface area contributed by atoms with Crippen molar-refractivity contribution < 1.29 is 0 Å². The molecule has 20 heavy (non-hydrogen) atoms. The minimum Gasteiger partial charge on any atom is -0.399 e. The average molecular weight is 272 g/mol. The molecule has 2 fully saturated rings. The van der Waals surface area contributed by atoms with Crippen LogP contribution in [-0.2, 0) is 6.42 Å². The minimum absolute atomic E-state index is 0.498. The zero-order valence-corrected chi connectivity index (χ0v) is 13.2. The fourth-order valence-electron chi connectivity index (χ4n) is 4.35. The van der Waals surface area contributed by atoms with Gasteiger partial charge in [0.15, 0.2) is 0 Å². The summed E-state index contributed by atoms with van der Waals surface area (Å²) in [6.07, 6.45) is 3.89. The van der Waals surface area contributed by atoms with E-state index in [-0.39, 0.29) is 0 Å². The zero-order valence-electron chi connectivity index (χ0n) is 13.2. The molecule has 2 atom stereocenters. The van der Waals surface area contributed by atoms with Gasteiger partial charge in [-0.05, 0) is 47.6 Å². The molecule has 2 heteroatoms. The number of nitrogens with zero attached hydrogens (tertiary/aromatic N) is 1. The van der Waals surface area contributed by atoms with E-state index in [0.717, 1.165) is 24.6 Å². The molecule has 1 unspecified atom stereocenters. The number of rotatable bonds is 3. The number of benzene rings is 1. The van der Waals surface area contributed by atoms with E-state index in [1.165, 1.54) is 31.5 Å². The molecule has 1 saturated carbocycles. The number of hydrogen-bond donors (Lipinski definition) is 1. The quantitative estimate of drug-likeness (QED) is 0.852. The second-order valence-corrected chi connectivity index (χ2v) is 7.70. The highest BCUT2D eigenvalue weighted by atomic mass is 15.2. The van der Waals surface area contributed by atoms with Crippen molar-refractivity contribution in [2.45, 2.75) is 40.0 Å². The van der Waals surface area contributed by atoms with Gasteiger partial charge in [-0.25, -0.2) is 0 Å². The average Bonchev–Trinajstić information content (AvgIpc) is 2.55. The topological polar surface area (TPSA) is 29.3 Å². The summed E-state index contributed by atoms with van der Waals surface area (Å²) < 4.78 is 0. The van der Waals surface area contributed by atoms with E-state index in [4.69, 9.17) is 5.73 Å². The van der Waals surface area contributed by atoms with Crippen molar-refractivity contribution in [3.8, 4) is 0 Å².